The lowest BCUT2D eigenvalue weighted by Crippen LogP contribution is -2.53. The Morgan fingerprint density at radius 1 is 1.11 bits per heavy atom. The van der Waals surface area contributed by atoms with Crippen molar-refractivity contribution in [2.45, 2.75) is 19.2 Å². The Morgan fingerprint density at radius 2 is 1.89 bits per heavy atom. The van der Waals surface area contributed by atoms with Crippen molar-refractivity contribution < 1.29 is 9.84 Å². The molecule has 0 saturated carbocycles. The third-order valence-electron chi connectivity index (χ3n) is 6.62. The number of hydrogen-bond donors (Lipinski definition) is 4. The highest BCUT2D eigenvalue weighted by atomic mass is 16.5. The number of nitrogens with one attached hydrogen (secondary N) is 3. The highest BCUT2D eigenvalue weighted by Gasteiger charge is 2.25. The van der Waals surface area contributed by atoms with Crippen molar-refractivity contribution in [3.8, 4) is 17.1 Å². The molecule has 4 aromatic heterocycles. The van der Waals surface area contributed by atoms with Gasteiger partial charge in [-0.1, -0.05) is 0 Å². The Kier molecular flexibility index (Phi) is 6.72. The van der Waals surface area contributed by atoms with Gasteiger partial charge in [-0.2, -0.15) is 0 Å². The molecule has 0 spiro atoms. The maximum atomic E-state index is 10.9. The number of aromatic nitrogens is 6. The van der Waals surface area contributed by atoms with Crippen LogP contribution in [0.2, 0.25) is 0 Å². The predicted molar refractivity (Wildman–Crippen MR) is 138 cm³/mol. The summed E-state index contributed by atoms with van der Waals surface area (Å²) in [5.41, 5.74) is 3.13. The molecular weight excluding hydrogens is 460 g/mol. The van der Waals surface area contributed by atoms with Gasteiger partial charge in [0.25, 0.3) is 5.88 Å². The number of pyridine rings is 1. The Labute approximate surface area is 209 Å². The summed E-state index contributed by atoms with van der Waals surface area (Å²) in [6.45, 7) is 5.88. The molecular formula is C24H32N10O2. The normalized spacial score (nSPS) is 16.7. The number of aliphatic hydroxyl groups excluding tert-OH is 1. The van der Waals surface area contributed by atoms with Gasteiger partial charge >= 0.3 is 0 Å². The van der Waals surface area contributed by atoms with Crippen molar-refractivity contribution in [2.75, 3.05) is 51.0 Å². The van der Waals surface area contributed by atoms with E-state index >= 15 is 0 Å². The van der Waals surface area contributed by atoms with E-state index < -0.39 is 6.23 Å². The van der Waals surface area contributed by atoms with Crippen LogP contribution in [0.3, 0.4) is 0 Å². The van der Waals surface area contributed by atoms with Gasteiger partial charge in [0, 0.05) is 62.8 Å². The number of aryl methyl sites for hydroxylation is 1. The second-order valence-corrected chi connectivity index (χ2v) is 9.07. The smallest absolute Gasteiger partial charge is 0.256 e. The number of rotatable bonds is 8. The lowest BCUT2D eigenvalue weighted by atomic mass is 10.1. The number of anilines is 3. The molecule has 0 aliphatic carbocycles. The highest BCUT2D eigenvalue weighted by molar-refractivity contribution is 5.99. The van der Waals surface area contributed by atoms with Gasteiger partial charge in [0.15, 0.2) is 5.82 Å². The summed E-state index contributed by atoms with van der Waals surface area (Å²) in [5.74, 6) is 1.49. The average molecular weight is 493 g/mol. The summed E-state index contributed by atoms with van der Waals surface area (Å²) in [7, 11) is 5.51. The molecule has 4 N–H and O–H groups in total. The lowest BCUT2D eigenvalue weighted by molar-refractivity contribution is 0.0456. The number of piperazine rings is 1. The molecule has 1 aliphatic heterocycles. The second kappa shape index (κ2) is 10.1. The van der Waals surface area contributed by atoms with Crippen LogP contribution in [-0.2, 0) is 7.05 Å². The molecule has 0 bridgehead atoms. The molecule has 5 heterocycles. The molecule has 1 unspecified atom stereocenters. The summed E-state index contributed by atoms with van der Waals surface area (Å²) in [6, 6.07) is 3.74. The van der Waals surface area contributed by atoms with E-state index in [1.807, 2.05) is 32.3 Å². The van der Waals surface area contributed by atoms with Crippen LogP contribution in [0.1, 0.15) is 6.92 Å². The van der Waals surface area contributed by atoms with Crippen LogP contribution in [0.4, 0.5) is 17.5 Å². The van der Waals surface area contributed by atoms with E-state index in [-0.39, 0.29) is 6.04 Å². The van der Waals surface area contributed by atoms with Crippen molar-refractivity contribution in [3.63, 3.8) is 0 Å². The second-order valence-electron chi connectivity index (χ2n) is 9.07. The van der Waals surface area contributed by atoms with Crippen LogP contribution >= 0.6 is 0 Å². The Balaban J connectivity index is 1.36. The quantitative estimate of drug-likeness (QED) is 0.270. The molecule has 5 rings (SSSR count). The van der Waals surface area contributed by atoms with Crippen LogP contribution < -0.4 is 15.4 Å². The number of ether oxygens (including phenoxy) is 1. The molecule has 12 nitrogen and oxygen atoms in total. The number of nitrogens with zero attached hydrogens (tertiary/aromatic N) is 7. The molecule has 2 atom stereocenters. The Morgan fingerprint density at radius 3 is 2.67 bits per heavy atom. The van der Waals surface area contributed by atoms with Gasteiger partial charge in [0.05, 0.1) is 30.6 Å². The summed E-state index contributed by atoms with van der Waals surface area (Å²) in [6.07, 6.45) is 6.37. The van der Waals surface area contributed by atoms with Gasteiger partial charge in [-0.05, 0) is 26.1 Å². The largest absolute Gasteiger partial charge is 0.478 e. The standard InChI is InChI=1S/C24H32N10O2/c1-15(34-11-9-32(2)10-12-34)22(35)30-21-20-16(5-7-25-21)17(13-27-20)18-6-8-26-24(28-18)29-19-14-33(3)31-23(19)36-4/h5-8,13-15,22,27,35H,9-12H2,1-4H3,(H,25,30)(H,26,28,29)/t15-,22?/m1/s1. The van der Waals surface area contributed by atoms with Gasteiger partial charge in [0.2, 0.25) is 5.95 Å². The van der Waals surface area contributed by atoms with Gasteiger partial charge in [-0.15, -0.1) is 5.10 Å². The zero-order valence-corrected chi connectivity index (χ0v) is 20.9. The third kappa shape index (κ3) is 4.83. The minimum Gasteiger partial charge on any atom is -0.478 e. The number of H-pyrrole nitrogens is 1. The van der Waals surface area contributed by atoms with Gasteiger partial charge in [-0.25, -0.2) is 15.0 Å². The van der Waals surface area contributed by atoms with Gasteiger partial charge in [0.1, 0.15) is 11.9 Å². The molecule has 1 aliphatic rings. The van der Waals surface area contributed by atoms with Gasteiger partial charge in [-0.3, -0.25) is 9.58 Å². The molecule has 36 heavy (non-hydrogen) atoms. The highest BCUT2D eigenvalue weighted by Crippen LogP contribution is 2.32. The average Bonchev–Trinajstić information content (AvgIpc) is 3.47. The van der Waals surface area contributed by atoms with Crippen molar-refractivity contribution in [1.82, 2.24) is 39.5 Å². The monoisotopic (exact) mass is 492 g/mol. The van der Waals surface area contributed by atoms with Crippen molar-refractivity contribution in [2.24, 2.45) is 7.05 Å². The van der Waals surface area contributed by atoms with Crippen molar-refractivity contribution in [1.29, 1.82) is 0 Å². The molecule has 0 radical (unpaired) electrons. The Bertz CT molecular complexity index is 1330. The van der Waals surface area contributed by atoms with E-state index in [2.05, 4.69) is 47.5 Å². The van der Waals surface area contributed by atoms with Crippen LogP contribution in [-0.4, -0.2) is 97.2 Å². The Hall–Kier alpha value is -3.74. The maximum absolute atomic E-state index is 10.9. The van der Waals surface area contributed by atoms with Crippen LogP contribution in [0, 0.1) is 0 Å². The van der Waals surface area contributed by atoms with E-state index in [1.54, 1.807) is 30.4 Å². The van der Waals surface area contributed by atoms with Crippen molar-refractivity contribution >= 4 is 28.4 Å². The van der Waals surface area contributed by atoms with E-state index in [4.69, 9.17) is 9.72 Å². The summed E-state index contributed by atoms with van der Waals surface area (Å²) >= 11 is 0. The number of aromatic amines is 1. The SMILES string of the molecule is COc1nn(C)cc1Nc1nccc(-c2c[nH]c3c(NC(O)[C@@H](C)N4CCN(C)CC4)nccc23)n1. The first kappa shape index (κ1) is 24.0. The fraction of sp³-hybridized carbons (Fsp3) is 0.417. The number of hydrogen-bond acceptors (Lipinski definition) is 10. The van der Waals surface area contributed by atoms with Crippen molar-refractivity contribution in [3.05, 3.63) is 36.9 Å². The zero-order chi connectivity index (χ0) is 25.2. The summed E-state index contributed by atoms with van der Waals surface area (Å²) < 4.78 is 6.97. The van der Waals surface area contributed by atoms with Crippen LogP contribution in [0.5, 0.6) is 5.88 Å². The third-order valence-corrected chi connectivity index (χ3v) is 6.62. The van der Waals surface area contributed by atoms with E-state index in [0.29, 0.717) is 23.3 Å². The number of methoxy groups -OCH3 is 1. The molecule has 0 amide bonds. The first-order chi connectivity index (χ1) is 17.4. The maximum Gasteiger partial charge on any atom is 0.256 e. The molecule has 190 valence electrons. The molecule has 0 aromatic carbocycles. The predicted octanol–water partition coefficient (Wildman–Crippen LogP) is 1.87. The minimum atomic E-state index is -0.762. The van der Waals surface area contributed by atoms with Crippen LogP contribution in [0.15, 0.2) is 36.9 Å². The minimum absolute atomic E-state index is 0.0508. The van der Waals surface area contributed by atoms with E-state index in [0.717, 1.165) is 48.3 Å². The molecule has 1 fully saturated rings. The van der Waals surface area contributed by atoms with E-state index in [1.165, 1.54) is 0 Å². The number of aliphatic hydroxyl groups is 1. The first-order valence-electron chi connectivity index (χ1n) is 11.9. The van der Waals surface area contributed by atoms with E-state index in [9.17, 15) is 5.11 Å². The zero-order valence-electron chi connectivity index (χ0n) is 20.9. The lowest BCUT2D eigenvalue weighted by Gasteiger charge is -2.38. The molecule has 1 saturated heterocycles. The summed E-state index contributed by atoms with van der Waals surface area (Å²) in [4.78, 5) is 21.4. The topological polar surface area (TPSA) is 132 Å². The number of likely N-dealkylation sites (N-methyl/N-ethyl adjacent to an activating group) is 1. The van der Waals surface area contributed by atoms with Crippen LogP contribution in [0.25, 0.3) is 22.2 Å². The molecule has 12 heteroatoms. The number of fused-ring (bicyclic) bond motifs is 1. The van der Waals surface area contributed by atoms with Gasteiger partial charge < -0.3 is 30.4 Å². The molecule has 4 aromatic rings. The summed E-state index contributed by atoms with van der Waals surface area (Å²) in [5, 5.41) is 22.5. The fourth-order valence-corrected chi connectivity index (χ4v) is 4.46. The first-order valence-corrected chi connectivity index (χ1v) is 11.9. The fourth-order valence-electron chi connectivity index (χ4n) is 4.46.